The lowest BCUT2D eigenvalue weighted by molar-refractivity contribution is -0.238. The Morgan fingerprint density at radius 2 is 1.75 bits per heavy atom. The zero-order chi connectivity index (χ0) is 29.7. The fourth-order valence-electron chi connectivity index (χ4n) is 4.58. The molecule has 2 aromatic rings. The summed E-state index contributed by atoms with van der Waals surface area (Å²) in [6.07, 6.45) is -2.77. The van der Waals surface area contributed by atoms with Gasteiger partial charge >= 0.3 is 18.2 Å². The van der Waals surface area contributed by atoms with Crippen LogP contribution in [0.4, 0.5) is 23.7 Å². The van der Waals surface area contributed by atoms with Gasteiger partial charge in [-0.25, -0.2) is 9.59 Å². The number of piperidine rings is 1. The molecule has 1 saturated heterocycles. The first-order chi connectivity index (χ1) is 18.7. The molecule has 0 aliphatic carbocycles. The average Bonchev–Trinajstić information content (AvgIpc) is 2.88. The Morgan fingerprint density at radius 1 is 1.07 bits per heavy atom. The highest BCUT2D eigenvalue weighted by molar-refractivity contribution is 6.42. The van der Waals surface area contributed by atoms with Gasteiger partial charge < -0.3 is 19.8 Å². The molecule has 0 radical (unpaired) electrons. The number of urea groups is 1. The van der Waals surface area contributed by atoms with E-state index in [4.69, 9.17) is 32.8 Å². The van der Waals surface area contributed by atoms with Gasteiger partial charge in [0.25, 0.3) is 0 Å². The Hall–Kier alpha value is -2.69. The Kier molecular flexibility index (Phi) is 10.6. The van der Waals surface area contributed by atoms with Crippen LogP contribution in [0.2, 0.25) is 10.0 Å². The number of ether oxygens (including phenoxy) is 1. The van der Waals surface area contributed by atoms with Crippen LogP contribution < -0.4 is 10.1 Å². The second-order valence-corrected chi connectivity index (χ2v) is 11.8. The van der Waals surface area contributed by atoms with Crippen LogP contribution in [0, 0.1) is 11.3 Å². The summed E-state index contributed by atoms with van der Waals surface area (Å²) in [6.45, 7) is 6.87. The van der Waals surface area contributed by atoms with E-state index >= 15 is 0 Å². The van der Waals surface area contributed by atoms with Crippen LogP contribution >= 0.6 is 23.2 Å². The highest BCUT2D eigenvalue weighted by atomic mass is 35.5. The van der Waals surface area contributed by atoms with Crippen molar-refractivity contribution in [3.05, 3.63) is 58.1 Å². The maximum Gasteiger partial charge on any atom is 0.493 e. The van der Waals surface area contributed by atoms with Crippen LogP contribution in [-0.4, -0.2) is 60.9 Å². The summed E-state index contributed by atoms with van der Waals surface area (Å²) in [6, 6.07) is 10.0. The molecule has 1 N–H and O–H groups in total. The first-order valence-corrected chi connectivity index (χ1v) is 13.6. The Balaban J connectivity index is 1.75. The molecule has 1 aliphatic heterocycles. The van der Waals surface area contributed by atoms with Gasteiger partial charge in [-0.15, -0.1) is 5.06 Å². The molecule has 1 heterocycles. The molecule has 3 rings (SSSR count). The fraction of sp³-hybridized carbons (Fsp3) is 0.500. The van der Waals surface area contributed by atoms with E-state index in [0.29, 0.717) is 39.9 Å². The highest BCUT2D eigenvalue weighted by Gasteiger charge is 2.46. The predicted octanol–water partition coefficient (Wildman–Crippen LogP) is 7.23. The first-order valence-electron chi connectivity index (χ1n) is 12.9. The third-order valence-corrected chi connectivity index (χ3v) is 7.60. The number of rotatable bonds is 7. The van der Waals surface area contributed by atoms with Crippen LogP contribution in [0.1, 0.15) is 39.2 Å². The summed E-state index contributed by atoms with van der Waals surface area (Å²) < 4.78 is 44.8. The maximum absolute atomic E-state index is 13.3. The van der Waals surface area contributed by atoms with Crippen molar-refractivity contribution in [1.29, 1.82) is 0 Å². The number of hydroxylamine groups is 2. The van der Waals surface area contributed by atoms with E-state index in [2.05, 4.69) is 10.2 Å². The third-order valence-electron chi connectivity index (χ3n) is 6.86. The fourth-order valence-corrected chi connectivity index (χ4v) is 4.91. The standard InChI is InChI=1S/C28H34Cl2F3N3O4/c1-27(2,3)24(17-35-12-10-18(11-13-35)14-19-8-9-22(29)23(30)15-19)36(40-25(37)28(31,32)33)26(38)34-20-6-5-7-21(16-20)39-4/h5-9,15-16,18,24H,10-14,17H2,1-4H3,(H,34,38)/t24-/m0/s1. The van der Waals surface area contributed by atoms with Gasteiger partial charge in [0.1, 0.15) is 5.75 Å². The predicted molar refractivity (Wildman–Crippen MR) is 149 cm³/mol. The van der Waals surface area contributed by atoms with Crippen LogP contribution in [0.25, 0.3) is 0 Å². The topological polar surface area (TPSA) is 71.1 Å². The van der Waals surface area contributed by atoms with Crippen molar-refractivity contribution in [3.63, 3.8) is 0 Å². The molecule has 7 nitrogen and oxygen atoms in total. The molecule has 1 fully saturated rings. The van der Waals surface area contributed by atoms with E-state index in [9.17, 15) is 22.8 Å². The van der Waals surface area contributed by atoms with Crippen molar-refractivity contribution in [3.8, 4) is 5.75 Å². The summed E-state index contributed by atoms with van der Waals surface area (Å²) in [4.78, 5) is 32.0. The van der Waals surface area contributed by atoms with Gasteiger partial charge in [-0.2, -0.15) is 13.2 Å². The van der Waals surface area contributed by atoms with Gasteiger partial charge in [-0.1, -0.05) is 56.1 Å². The van der Waals surface area contributed by atoms with Gasteiger partial charge in [0.2, 0.25) is 0 Å². The van der Waals surface area contributed by atoms with E-state index in [1.54, 1.807) is 45.0 Å². The van der Waals surface area contributed by atoms with Crippen molar-refractivity contribution in [2.24, 2.45) is 11.3 Å². The van der Waals surface area contributed by atoms with E-state index in [0.717, 1.165) is 24.8 Å². The van der Waals surface area contributed by atoms with Gasteiger partial charge in [0.05, 0.1) is 23.2 Å². The number of nitrogens with one attached hydrogen (secondary N) is 1. The molecule has 0 saturated carbocycles. The van der Waals surface area contributed by atoms with Gasteiger partial charge in [-0.05, 0) is 73.5 Å². The Morgan fingerprint density at radius 3 is 2.33 bits per heavy atom. The lowest BCUT2D eigenvalue weighted by atomic mass is 9.85. The second kappa shape index (κ2) is 13.3. The minimum absolute atomic E-state index is 0.208. The number of likely N-dealkylation sites (tertiary alicyclic amines) is 1. The molecule has 1 atom stereocenters. The number of carbonyl (C=O) groups is 2. The number of benzene rings is 2. The summed E-state index contributed by atoms with van der Waals surface area (Å²) in [5.41, 5.74) is 0.613. The van der Waals surface area contributed by atoms with Crippen LogP contribution in [0.15, 0.2) is 42.5 Å². The molecule has 220 valence electrons. The molecule has 2 aromatic carbocycles. The zero-order valence-corrected chi connectivity index (χ0v) is 24.4. The number of halogens is 5. The summed E-state index contributed by atoms with van der Waals surface area (Å²) in [7, 11) is 1.45. The molecule has 40 heavy (non-hydrogen) atoms. The van der Waals surface area contributed by atoms with E-state index in [1.807, 2.05) is 12.1 Å². The summed E-state index contributed by atoms with van der Waals surface area (Å²) in [5, 5.41) is 4.06. The summed E-state index contributed by atoms with van der Waals surface area (Å²) in [5.74, 6) is -1.65. The van der Waals surface area contributed by atoms with Crippen LogP contribution in [0.3, 0.4) is 0 Å². The molecular weight excluding hydrogens is 570 g/mol. The monoisotopic (exact) mass is 603 g/mol. The number of alkyl halides is 3. The number of hydrogen-bond donors (Lipinski definition) is 1. The van der Waals surface area contributed by atoms with Crippen molar-refractivity contribution >= 4 is 40.9 Å². The Labute approximate surface area is 242 Å². The SMILES string of the molecule is COc1cccc(NC(=O)N(OC(=O)C(F)(F)F)[C@@H](CN2CCC(Cc3ccc(Cl)c(Cl)c3)CC2)C(C)(C)C)c1. The largest absolute Gasteiger partial charge is 0.497 e. The van der Waals surface area contributed by atoms with E-state index in [-0.39, 0.29) is 12.2 Å². The molecule has 0 spiro atoms. The molecule has 1 aliphatic rings. The van der Waals surface area contributed by atoms with E-state index < -0.39 is 29.6 Å². The molecular formula is C28H34Cl2F3N3O4. The van der Waals surface area contributed by atoms with Crippen LogP contribution in [-0.2, 0) is 16.1 Å². The minimum Gasteiger partial charge on any atom is -0.497 e. The number of anilines is 1. The average molecular weight is 604 g/mol. The van der Waals surface area contributed by atoms with Crippen molar-refractivity contribution in [2.45, 2.75) is 52.3 Å². The quantitative estimate of drug-likeness (QED) is 0.338. The minimum atomic E-state index is -5.28. The van der Waals surface area contributed by atoms with Crippen molar-refractivity contribution in [1.82, 2.24) is 9.96 Å². The number of hydrogen-bond acceptors (Lipinski definition) is 5. The number of methoxy groups -OCH3 is 1. The molecule has 2 amide bonds. The normalized spacial score (nSPS) is 15.8. The summed E-state index contributed by atoms with van der Waals surface area (Å²) >= 11 is 12.2. The third kappa shape index (κ3) is 8.91. The smallest absolute Gasteiger partial charge is 0.493 e. The van der Waals surface area contributed by atoms with E-state index in [1.165, 1.54) is 13.2 Å². The Bertz CT molecular complexity index is 1180. The molecule has 0 bridgehead atoms. The zero-order valence-electron chi connectivity index (χ0n) is 22.9. The molecule has 0 aromatic heterocycles. The highest BCUT2D eigenvalue weighted by Crippen LogP contribution is 2.31. The lowest BCUT2D eigenvalue weighted by Crippen LogP contribution is -2.56. The first kappa shape index (κ1) is 31.8. The maximum atomic E-state index is 13.3. The lowest BCUT2D eigenvalue weighted by Gasteiger charge is -2.42. The van der Waals surface area contributed by atoms with Crippen molar-refractivity contribution < 1.29 is 32.3 Å². The van der Waals surface area contributed by atoms with Gasteiger partial charge in [0, 0.05) is 18.3 Å². The van der Waals surface area contributed by atoms with Crippen LogP contribution in [0.5, 0.6) is 5.75 Å². The molecule has 12 heteroatoms. The van der Waals surface area contributed by atoms with Crippen molar-refractivity contribution in [2.75, 3.05) is 32.1 Å². The number of nitrogens with zero attached hydrogens (tertiary/aromatic N) is 2. The number of carbonyl (C=O) groups excluding carboxylic acids is 2. The molecule has 0 unspecified atom stereocenters. The number of amides is 2. The van der Waals surface area contributed by atoms with Gasteiger partial charge in [0.15, 0.2) is 0 Å². The second-order valence-electron chi connectivity index (χ2n) is 10.9. The van der Waals surface area contributed by atoms with Gasteiger partial charge in [-0.3, -0.25) is 0 Å².